The van der Waals surface area contributed by atoms with E-state index in [1.165, 1.54) is 5.57 Å². The Kier molecular flexibility index (Phi) is 7.75. The molecule has 25 heavy (non-hydrogen) atoms. The van der Waals surface area contributed by atoms with Gasteiger partial charge in [-0.25, -0.2) is 0 Å². The zero-order chi connectivity index (χ0) is 19.1. The third-order valence-electron chi connectivity index (χ3n) is 3.98. The van der Waals surface area contributed by atoms with Crippen LogP contribution in [0.4, 0.5) is 0 Å². The van der Waals surface area contributed by atoms with Gasteiger partial charge in [-0.15, -0.1) is 0 Å². The van der Waals surface area contributed by atoms with Crippen LogP contribution in [0.1, 0.15) is 69.8 Å². The van der Waals surface area contributed by atoms with E-state index >= 15 is 0 Å². The number of phenols is 3. The molecule has 0 aliphatic heterocycles. The van der Waals surface area contributed by atoms with Gasteiger partial charge in [0.25, 0.3) is 0 Å². The van der Waals surface area contributed by atoms with E-state index in [0.717, 1.165) is 24.5 Å². The molecular weight excluding hydrogens is 316 g/mol. The van der Waals surface area contributed by atoms with Crippen LogP contribution in [0, 0.1) is 5.92 Å². The highest BCUT2D eigenvalue weighted by Gasteiger charge is 2.22. The Morgan fingerprint density at radius 3 is 2.28 bits per heavy atom. The minimum absolute atomic E-state index is 0.0999. The molecule has 0 radical (unpaired) electrons. The Hall–Kier alpha value is -2.23. The summed E-state index contributed by atoms with van der Waals surface area (Å²) in [5.41, 5.74) is 2.58. The van der Waals surface area contributed by atoms with E-state index in [9.17, 15) is 20.1 Å². The molecule has 0 saturated carbocycles. The third kappa shape index (κ3) is 6.29. The average molecular weight is 346 g/mol. The fraction of sp³-hybridized carbons (Fsp3) is 0.476. The molecule has 0 spiro atoms. The number of rotatable bonds is 8. The summed E-state index contributed by atoms with van der Waals surface area (Å²) in [5.74, 6) is -1.12. The molecule has 4 heteroatoms. The summed E-state index contributed by atoms with van der Waals surface area (Å²) in [7, 11) is 0. The molecule has 0 atom stereocenters. The van der Waals surface area contributed by atoms with E-state index < -0.39 is 0 Å². The Balaban J connectivity index is 3.04. The summed E-state index contributed by atoms with van der Waals surface area (Å²) < 4.78 is 0. The maximum absolute atomic E-state index is 12.3. The van der Waals surface area contributed by atoms with Gasteiger partial charge in [0, 0.05) is 18.1 Å². The predicted molar refractivity (Wildman–Crippen MR) is 101 cm³/mol. The summed E-state index contributed by atoms with van der Waals surface area (Å²) in [6, 6.07) is 1.13. The van der Waals surface area contributed by atoms with Gasteiger partial charge in [-0.2, -0.15) is 0 Å². The summed E-state index contributed by atoms with van der Waals surface area (Å²) in [4.78, 5) is 12.3. The Bertz CT molecular complexity index is 678. The standard InChI is InChI=1S/C21H30O4/c1-13(2)7-6-8-15(5)9-10-16-17(22)12-19(24)20(21(16)25)18(23)11-14(3)4/h7,9,12,14,22,24-25H,6,8,10-11H2,1-5H3/b15-9+. The SMILES string of the molecule is CC(C)=CCC/C(C)=C/Cc1c(O)cc(O)c(C(=O)CC(C)C)c1O. The number of phenolic OH excluding ortho intramolecular Hbond substituents is 3. The first-order valence-corrected chi connectivity index (χ1v) is 8.72. The molecular formula is C21H30O4. The average Bonchev–Trinajstić information content (AvgIpc) is 2.45. The van der Waals surface area contributed by atoms with E-state index in [2.05, 4.69) is 19.9 Å². The largest absolute Gasteiger partial charge is 0.507 e. The number of Topliss-reactive ketones (excluding diaryl/α,β-unsaturated/α-hetero) is 1. The van der Waals surface area contributed by atoms with Crippen LogP contribution in [0.5, 0.6) is 17.2 Å². The lowest BCUT2D eigenvalue weighted by Gasteiger charge is -2.13. The van der Waals surface area contributed by atoms with Gasteiger partial charge in [0.2, 0.25) is 0 Å². The van der Waals surface area contributed by atoms with Crippen molar-refractivity contribution in [3.8, 4) is 17.2 Å². The second kappa shape index (κ2) is 9.30. The molecule has 138 valence electrons. The zero-order valence-corrected chi connectivity index (χ0v) is 15.9. The molecule has 0 fully saturated rings. The molecule has 0 bridgehead atoms. The molecule has 3 N–H and O–H groups in total. The number of ketones is 1. The van der Waals surface area contributed by atoms with Crippen molar-refractivity contribution in [2.24, 2.45) is 5.92 Å². The molecule has 1 aromatic carbocycles. The Labute approximate surface area is 150 Å². The lowest BCUT2D eigenvalue weighted by molar-refractivity contribution is 0.0962. The first kappa shape index (κ1) is 20.8. The molecule has 0 saturated heterocycles. The fourth-order valence-corrected chi connectivity index (χ4v) is 2.60. The highest BCUT2D eigenvalue weighted by molar-refractivity contribution is 6.02. The number of carbonyl (C=O) groups excluding carboxylic acids is 1. The van der Waals surface area contributed by atoms with Gasteiger partial charge in [-0.3, -0.25) is 4.79 Å². The number of aromatic hydroxyl groups is 3. The minimum atomic E-state index is -0.381. The molecule has 1 rings (SSSR count). The number of carbonyl (C=O) groups is 1. The van der Waals surface area contributed by atoms with Crippen LogP contribution in [0.3, 0.4) is 0 Å². The normalized spacial score (nSPS) is 11.7. The molecule has 0 aromatic heterocycles. The topological polar surface area (TPSA) is 77.8 Å². The smallest absolute Gasteiger partial charge is 0.170 e. The van der Waals surface area contributed by atoms with Crippen LogP contribution >= 0.6 is 0 Å². The Morgan fingerprint density at radius 2 is 1.72 bits per heavy atom. The van der Waals surface area contributed by atoms with Gasteiger partial charge in [-0.05, 0) is 46.0 Å². The highest BCUT2D eigenvalue weighted by atomic mass is 16.3. The van der Waals surface area contributed by atoms with Gasteiger partial charge < -0.3 is 15.3 Å². The fourth-order valence-electron chi connectivity index (χ4n) is 2.60. The van der Waals surface area contributed by atoms with Gasteiger partial charge in [-0.1, -0.05) is 37.1 Å². The van der Waals surface area contributed by atoms with E-state index in [1.54, 1.807) is 0 Å². The minimum Gasteiger partial charge on any atom is -0.507 e. The van der Waals surface area contributed by atoms with E-state index in [-0.39, 0.29) is 46.5 Å². The van der Waals surface area contributed by atoms with Crippen LogP contribution in [-0.2, 0) is 6.42 Å². The number of benzene rings is 1. The number of hydrogen-bond donors (Lipinski definition) is 3. The molecule has 0 unspecified atom stereocenters. The molecule has 1 aromatic rings. The zero-order valence-electron chi connectivity index (χ0n) is 15.9. The van der Waals surface area contributed by atoms with Crippen molar-refractivity contribution in [2.75, 3.05) is 0 Å². The number of allylic oxidation sites excluding steroid dienone is 4. The van der Waals surface area contributed by atoms with Gasteiger partial charge in [0.15, 0.2) is 5.78 Å². The van der Waals surface area contributed by atoms with E-state index in [4.69, 9.17) is 0 Å². The van der Waals surface area contributed by atoms with Gasteiger partial charge in [0.1, 0.15) is 22.8 Å². The van der Waals surface area contributed by atoms with Crippen molar-refractivity contribution in [1.29, 1.82) is 0 Å². The monoisotopic (exact) mass is 346 g/mol. The molecule has 0 amide bonds. The summed E-state index contributed by atoms with van der Waals surface area (Å²) >= 11 is 0. The maximum Gasteiger partial charge on any atom is 0.170 e. The van der Waals surface area contributed by atoms with Crippen LogP contribution in [0.15, 0.2) is 29.4 Å². The van der Waals surface area contributed by atoms with Crippen molar-refractivity contribution in [2.45, 2.75) is 60.3 Å². The second-order valence-corrected chi connectivity index (χ2v) is 7.21. The lowest BCUT2D eigenvalue weighted by Crippen LogP contribution is -2.05. The van der Waals surface area contributed by atoms with E-state index in [0.29, 0.717) is 6.42 Å². The quantitative estimate of drug-likeness (QED) is 0.443. The summed E-state index contributed by atoms with van der Waals surface area (Å²) in [6.07, 6.45) is 6.46. The van der Waals surface area contributed by atoms with Crippen molar-refractivity contribution in [3.05, 3.63) is 40.5 Å². The van der Waals surface area contributed by atoms with Crippen LogP contribution < -0.4 is 0 Å². The second-order valence-electron chi connectivity index (χ2n) is 7.21. The number of hydrogen-bond acceptors (Lipinski definition) is 4. The van der Waals surface area contributed by atoms with Crippen molar-refractivity contribution in [3.63, 3.8) is 0 Å². The highest BCUT2D eigenvalue weighted by Crippen LogP contribution is 2.39. The van der Waals surface area contributed by atoms with Crippen molar-refractivity contribution in [1.82, 2.24) is 0 Å². The lowest BCUT2D eigenvalue weighted by atomic mass is 9.95. The summed E-state index contributed by atoms with van der Waals surface area (Å²) in [6.45, 7) is 9.90. The first-order chi connectivity index (χ1) is 11.6. The Morgan fingerprint density at radius 1 is 1.08 bits per heavy atom. The van der Waals surface area contributed by atoms with Crippen molar-refractivity contribution >= 4 is 5.78 Å². The van der Waals surface area contributed by atoms with Crippen LogP contribution in [-0.4, -0.2) is 21.1 Å². The van der Waals surface area contributed by atoms with Crippen LogP contribution in [0.2, 0.25) is 0 Å². The molecule has 0 aliphatic rings. The van der Waals surface area contributed by atoms with E-state index in [1.807, 2.05) is 26.8 Å². The molecule has 4 nitrogen and oxygen atoms in total. The third-order valence-corrected chi connectivity index (χ3v) is 3.98. The van der Waals surface area contributed by atoms with Crippen LogP contribution in [0.25, 0.3) is 0 Å². The van der Waals surface area contributed by atoms with Gasteiger partial charge in [0.05, 0.1) is 0 Å². The predicted octanol–water partition coefficient (Wildman–Crippen LogP) is 5.27. The molecule has 0 heterocycles. The summed E-state index contributed by atoms with van der Waals surface area (Å²) in [5, 5.41) is 30.4. The maximum atomic E-state index is 12.3. The first-order valence-electron chi connectivity index (χ1n) is 8.72. The van der Waals surface area contributed by atoms with Gasteiger partial charge >= 0.3 is 0 Å². The molecule has 0 aliphatic carbocycles. The van der Waals surface area contributed by atoms with Crippen molar-refractivity contribution < 1.29 is 20.1 Å².